The molecule has 1 aromatic carbocycles. The van der Waals surface area contributed by atoms with Crippen molar-refractivity contribution in [1.82, 2.24) is 35.5 Å². The quantitative estimate of drug-likeness (QED) is 0.542. The van der Waals surface area contributed by atoms with Gasteiger partial charge >= 0.3 is 0 Å². The number of nitrogens with zero attached hydrogens (tertiary/aromatic N) is 5. The van der Waals surface area contributed by atoms with Crippen molar-refractivity contribution in [2.75, 3.05) is 6.54 Å². The molecule has 1 aliphatic heterocycles. The maximum Gasteiger partial charge on any atom is 0.262 e. The summed E-state index contributed by atoms with van der Waals surface area (Å²) in [5.41, 5.74) is 3.04. The molecule has 138 valence electrons. The molecular formula is C17H16ClN7OS. The lowest BCUT2D eigenvalue weighted by atomic mass is 10.1. The molecule has 27 heavy (non-hydrogen) atoms. The van der Waals surface area contributed by atoms with E-state index in [1.807, 2.05) is 24.3 Å². The van der Waals surface area contributed by atoms with Gasteiger partial charge in [-0.1, -0.05) is 18.2 Å². The summed E-state index contributed by atoms with van der Waals surface area (Å²) in [6, 6.07) is 7.79. The van der Waals surface area contributed by atoms with Gasteiger partial charge in [-0.05, 0) is 35.4 Å². The molecule has 0 fully saturated rings. The average Bonchev–Trinajstić information content (AvgIpc) is 3.32. The standard InChI is InChI=1S/C17H15N7OS.ClH/c25-17-14-12-4-5-18-7-13(12)26-16(14)19-9-24(17)8-10-2-1-3-11(6-10)15-20-22-23-21-15;/h1-3,6,9,18H,4-5,7-8H2,(H,20,21,22,23);1H. The van der Waals surface area contributed by atoms with Crippen LogP contribution < -0.4 is 10.9 Å². The number of benzene rings is 1. The van der Waals surface area contributed by atoms with Crippen molar-refractivity contribution < 1.29 is 0 Å². The number of aromatic nitrogens is 6. The molecule has 1 aliphatic rings. The SMILES string of the molecule is Cl.O=c1c2c3c(sc2ncn1Cc1cccc(-c2nn[nH]n2)c1)CNCC3. The topological polar surface area (TPSA) is 101 Å². The Balaban J connectivity index is 0.00000180. The van der Waals surface area contributed by atoms with Crippen molar-refractivity contribution in [1.29, 1.82) is 0 Å². The Hall–Kier alpha value is -2.62. The summed E-state index contributed by atoms with van der Waals surface area (Å²) in [7, 11) is 0. The van der Waals surface area contributed by atoms with Gasteiger partial charge in [0.05, 0.1) is 18.3 Å². The van der Waals surface area contributed by atoms with Crippen molar-refractivity contribution in [3.63, 3.8) is 0 Å². The molecule has 0 radical (unpaired) electrons. The minimum Gasteiger partial charge on any atom is -0.312 e. The van der Waals surface area contributed by atoms with Crippen LogP contribution in [0.1, 0.15) is 16.0 Å². The molecule has 0 unspecified atom stereocenters. The first-order valence-electron chi connectivity index (χ1n) is 8.33. The van der Waals surface area contributed by atoms with Crippen LogP contribution >= 0.6 is 23.7 Å². The Labute approximate surface area is 164 Å². The third-order valence-electron chi connectivity index (χ3n) is 4.58. The lowest BCUT2D eigenvalue weighted by Gasteiger charge is -2.12. The number of tetrazole rings is 1. The van der Waals surface area contributed by atoms with Gasteiger partial charge in [0, 0.05) is 17.0 Å². The Kier molecular flexibility index (Phi) is 4.73. The fourth-order valence-corrected chi connectivity index (χ4v) is 4.50. The third kappa shape index (κ3) is 3.14. The number of rotatable bonds is 3. The van der Waals surface area contributed by atoms with Crippen LogP contribution in [0.15, 0.2) is 35.4 Å². The first kappa shape index (κ1) is 17.8. The first-order chi connectivity index (χ1) is 12.8. The molecule has 10 heteroatoms. The van der Waals surface area contributed by atoms with Gasteiger partial charge in [-0.25, -0.2) is 4.98 Å². The zero-order chi connectivity index (χ0) is 17.5. The number of hydrogen-bond donors (Lipinski definition) is 2. The Bertz CT molecular complexity index is 1150. The van der Waals surface area contributed by atoms with Crippen molar-refractivity contribution in [3.8, 4) is 11.4 Å². The molecule has 3 aromatic heterocycles. The van der Waals surface area contributed by atoms with Gasteiger partial charge in [0.25, 0.3) is 5.56 Å². The molecule has 0 amide bonds. The van der Waals surface area contributed by atoms with E-state index in [1.54, 1.807) is 22.2 Å². The van der Waals surface area contributed by atoms with E-state index in [1.165, 1.54) is 4.88 Å². The molecule has 0 aliphatic carbocycles. The number of halogens is 1. The van der Waals surface area contributed by atoms with Crippen LogP contribution in [0.5, 0.6) is 0 Å². The molecule has 0 spiro atoms. The highest BCUT2D eigenvalue weighted by atomic mass is 35.5. The van der Waals surface area contributed by atoms with Gasteiger partial charge in [-0.15, -0.1) is 33.9 Å². The summed E-state index contributed by atoms with van der Waals surface area (Å²) >= 11 is 1.62. The molecule has 4 heterocycles. The highest BCUT2D eigenvalue weighted by Gasteiger charge is 2.19. The fourth-order valence-electron chi connectivity index (χ4n) is 3.35. The highest BCUT2D eigenvalue weighted by Crippen LogP contribution is 2.29. The van der Waals surface area contributed by atoms with Crippen LogP contribution in [0.3, 0.4) is 0 Å². The van der Waals surface area contributed by atoms with Gasteiger partial charge in [0.15, 0.2) is 0 Å². The van der Waals surface area contributed by atoms with Gasteiger partial charge in [0.1, 0.15) is 4.83 Å². The second-order valence-electron chi connectivity index (χ2n) is 6.22. The molecule has 2 N–H and O–H groups in total. The van der Waals surface area contributed by atoms with E-state index in [2.05, 4.69) is 30.9 Å². The summed E-state index contributed by atoms with van der Waals surface area (Å²) in [6.07, 6.45) is 2.52. The van der Waals surface area contributed by atoms with E-state index in [9.17, 15) is 4.79 Å². The van der Waals surface area contributed by atoms with E-state index in [0.717, 1.165) is 46.4 Å². The Morgan fingerprint density at radius 3 is 3.07 bits per heavy atom. The number of H-pyrrole nitrogens is 1. The number of hydrogen-bond acceptors (Lipinski definition) is 7. The summed E-state index contributed by atoms with van der Waals surface area (Å²) in [5.74, 6) is 0.534. The van der Waals surface area contributed by atoms with Crippen LogP contribution in [0.4, 0.5) is 0 Å². The zero-order valence-corrected chi connectivity index (χ0v) is 15.8. The summed E-state index contributed by atoms with van der Waals surface area (Å²) in [6.45, 7) is 2.18. The highest BCUT2D eigenvalue weighted by molar-refractivity contribution is 7.18. The van der Waals surface area contributed by atoms with Crippen LogP contribution in [0.25, 0.3) is 21.6 Å². The molecule has 0 bridgehead atoms. The predicted molar refractivity (Wildman–Crippen MR) is 105 cm³/mol. The van der Waals surface area contributed by atoms with Crippen LogP contribution in [-0.2, 0) is 19.5 Å². The van der Waals surface area contributed by atoms with E-state index in [0.29, 0.717) is 12.4 Å². The molecular weight excluding hydrogens is 386 g/mol. The molecule has 8 nitrogen and oxygen atoms in total. The largest absolute Gasteiger partial charge is 0.312 e. The number of fused-ring (bicyclic) bond motifs is 3. The van der Waals surface area contributed by atoms with Crippen LogP contribution in [-0.4, -0.2) is 36.7 Å². The van der Waals surface area contributed by atoms with Crippen molar-refractivity contribution in [2.45, 2.75) is 19.5 Å². The van der Waals surface area contributed by atoms with E-state index in [4.69, 9.17) is 0 Å². The van der Waals surface area contributed by atoms with Crippen molar-refractivity contribution in [2.24, 2.45) is 0 Å². The summed E-state index contributed by atoms with van der Waals surface area (Å²) in [4.78, 5) is 19.6. The molecule has 0 saturated heterocycles. The summed E-state index contributed by atoms with van der Waals surface area (Å²) in [5, 5.41) is 18.2. The Morgan fingerprint density at radius 1 is 1.30 bits per heavy atom. The van der Waals surface area contributed by atoms with Gasteiger partial charge < -0.3 is 5.32 Å². The lowest BCUT2D eigenvalue weighted by molar-refractivity contribution is 0.656. The number of aromatic amines is 1. The normalized spacial score (nSPS) is 13.3. The van der Waals surface area contributed by atoms with Crippen molar-refractivity contribution in [3.05, 3.63) is 57.0 Å². The maximum absolute atomic E-state index is 13.0. The van der Waals surface area contributed by atoms with Crippen LogP contribution in [0.2, 0.25) is 0 Å². The minimum atomic E-state index is 0. The molecule has 0 saturated carbocycles. The summed E-state index contributed by atoms with van der Waals surface area (Å²) < 4.78 is 1.67. The monoisotopic (exact) mass is 401 g/mol. The fraction of sp³-hybridized carbons (Fsp3) is 0.235. The second-order valence-corrected chi connectivity index (χ2v) is 7.31. The van der Waals surface area contributed by atoms with E-state index >= 15 is 0 Å². The second kappa shape index (κ2) is 7.18. The van der Waals surface area contributed by atoms with Crippen LogP contribution in [0, 0.1) is 0 Å². The number of nitrogens with one attached hydrogen (secondary N) is 2. The molecule has 0 atom stereocenters. The van der Waals surface area contributed by atoms with E-state index in [-0.39, 0.29) is 18.0 Å². The van der Waals surface area contributed by atoms with Gasteiger partial charge in [0.2, 0.25) is 5.82 Å². The van der Waals surface area contributed by atoms with Gasteiger partial charge in [-0.3, -0.25) is 9.36 Å². The van der Waals surface area contributed by atoms with E-state index < -0.39 is 0 Å². The number of thiophene rings is 1. The predicted octanol–water partition coefficient (Wildman–Crippen LogP) is 1.75. The van der Waals surface area contributed by atoms with Crippen molar-refractivity contribution >= 4 is 34.0 Å². The maximum atomic E-state index is 13.0. The Morgan fingerprint density at radius 2 is 2.22 bits per heavy atom. The first-order valence-corrected chi connectivity index (χ1v) is 9.14. The smallest absolute Gasteiger partial charge is 0.262 e. The molecule has 4 aromatic rings. The minimum absolute atomic E-state index is 0. The zero-order valence-electron chi connectivity index (χ0n) is 14.2. The average molecular weight is 402 g/mol. The third-order valence-corrected chi connectivity index (χ3v) is 5.72. The van der Waals surface area contributed by atoms with Gasteiger partial charge in [-0.2, -0.15) is 5.21 Å². The molecule has 5 rings (SSSR count). The lowest BCUT2D eigenvalue weighted by Crippen LogP contribution is -2.25.